The second-order valence-electron chi connectivity index (χ2n) is 4.62. The molecule has 78 valence electrons. The third-order valence-electron chi connectivity index (χ3n) is 3.17. The molecule has 2 N–H and O–H groups in total. The molecule has 2 rings (SSSR count). The summed E-state index contributed by atoms with van der Waals surface area (Å²) >= 11 is 0. The minimum absolute atomic E-state index is 0. The predicted molar refractivity (Wildman–Crippen MR) is 62.9 cm³/mol. The van der Waals surface area contributed by atoms with Gasteiger partial charge in [0, 0.05) is 6.04 Å². The molecule has 0 heterocycles. The molecule has 1 aromatic carbocycles. The number of hydrogen-bond acceptors (Lipinski definition) is 1. The highest BCUT2D eigenvalue weighted by molar-refractivity contribution is 5.85. The molecule has 1 nitrogen and oxygen atoms in total. The minimum atomic E-state index is 0. The smallest absolute Gasteiger partial charge is 0.0298 e. The number of halogens is 1. The van der Waals surface area contributed by atoms with Gasteiger partial charge in [-0.25, -0.2) is 0 Å². The average molecular weight is 212 g/mol. The Morgan fingerprint density at radius 2 is 1.93 bits per heavy atom. The van der Waals surface area contributed by atoms with Gasteiger partial charge in [0.05, 0.1) is 0 Å². The Bertz CT molecular complexity index is 320. The molecule has 2 heteroatoms. The molecule has 1 unspecified atom stereocenters. The predicted octanol–water partition coefficient (Wildman–Crippen LogP) is 3.18. The van der Waals surface area contributed by atoms with Crippen molar-refractivity contribution in [2.24, 2.45) is 5.73 Å². The van der Waals surface area contributed by atoms with Crippen LogP contribution in [0.4, 0.5) is 0 Å². The van der Waals surface area contributed by atoms with Gasteiger partial charge in [-0.2, -0.15) is 0 Å². The van der Waals surface area contributed by atoms with E-state index in [0.29, 0.717) is 5.41 Å². The fourth-order valence-electron chi connectivity index (χ4n) is 2.24. The quantitative estimate of drug-likeness (QED) is 0.701. The average Bonchev–Trinajstić information content (AvgIpc) is 2.13. The van der Waals surface area contributed by atoms with Gasteiger partial charge < -0.3 is 5.73 Å². The van der Waals surface area contributed by atoms with Gasteiger partial charge in [-0.15, -0.1) is 12.4 Å². The number of hydrogen-bond donors (Lipinski definition) is 1. The van der Waals surface area contributed by atoms with Crippen molar-refractivity contribution in [3.63, 3.8) is 0 Å². The summed E-state index contributed by atoms with van der Waals surface area (Å²) in [6.07, 6.45) is 2.31. The van der Waals surface area contributed by atoms with Gasteiger partial charge in [-0.3, -0.25) is 0 Å². The monoisotopic (exact) mass is 211 g/mol. The molecule has 1 aromatic rings. The third kappa shape index (κ3) is 1.79. The van der Waals surface area contributed by atoms with E-state index in [9.17, 15) is 0 Å². The van der Waals surface area contributed by atoms with E-state index in [1.807, 2.05) is 0 Å². The van der Waals surface area contributed by atoms with Crippen molar-refractivity contribution in [3.8, 4) is 0 Å². The standard InChI is InChI=1S/C12H17N.ClH/c1-12(2)8-7-11(13)9-5-3-4-6-10(9)12;/h3-6,11H,7-8,13H2,1-2H3;1H. The largest absolute Gasteiger partial charge is 0.324 e. The highest BCUT2D eigenvalue weighted by atomic mass is 35.5. The highest BCUT2D eigenvalue weighted by Gasteiger charge is 2.30. The Hall–Kier alpha value is -0.530. The summed E-state index contributed by atoms with van der Waals surface area (Å²) < 4.78 is 0. The van der Waals surface area contributed by atoms with Crippen LogP contribution >= 0.6 is 12.4 Å². The van der Waals surface area contributed by atoms with Gasteiger partial charge >= 0.3 is 0 Å². The van der Waals surface area contributed by atoms with E-state index in [0.717, 1.165) is 6.42 Å². The zero-order valence-electron chi connectivity index (χ0n) is 8.79. The minimum Gasteiger partial charge on any atom is -0.324 e. The van der Waals surface area contributed by atoms with Crippen LogP contribution in [-0.4, -0.2) is 0 Å². The summed E-state index contributed by atoms with van der Waals surface area (Å²) in [5.74, 6) is 0. The van der Waals surface area contributed by atoms with Crippen molar-refractivity contribution in [2.75, 3.05) is 0 Å². The van der Waals surface area contributed by atoms with Crippen LogP contribution in [0.25, 0.3) is 0 Å². The number of nitrogens with two attached hydrogens (primary N) is 1. The van der Waals surface area contributed by atoms with Crippen molar-refractivity contribution in [1.29, 1.82) is 0 Å². The summed E-state index contributed by atoms with van der Waals surface area (Å²) in [6.45, 7) is 4.61. The number of fused-ring (bicyclic) bond motifs is 1. The summed E-state index contributed by atoms with van der Waals surface area (Å²) in [6, 6.07) is 8.83. The lowest BCUT2D eigenvalue weighted by Crippen LogP contribution is -2.29. The maximum atomic E-state index is 6.07. The fourth-order valence-corrected chi connectivity index (χ4v) is 2.24. The van der Waals surface area contributed by atoms with Crippen molar-refractivity contribution in [3.05, 3.63) is 35.4 Å². The maximum Gasteiger partial charge on any atom is 0.0298 e. The second-order valence-corrected chi connectivity index (χ2v) is 4.62. The second kappa shape index (κ2) is 3.92. The first-order chi connectivity index (χ1) is 6.11. The summed E-state index contributed by atoms with van der Waals surface area (Å²) in [5.41, 5.74) is 9.16. The first-order valence-electron chi connectivity index (χ1n) is 4.96. The van der Waals surface area contributed by atoms with Gasteiger partial charge in [-0.1, -0.05) is 38.1 Å². The van der Waals surface area contributed by atoms with Crippen LogP contribution in [0.15, 0.2) is 24.3 Å². The van der Waals surface area contributed by atoms with Crippen molar-refractivity contribution in [2.45, 2.75) is 38.1 Å². The van der Waals surface area contributed by atoms with E-state index in [2.05, 4.69) is 38.1 Å². The van der Waals surface area contributed by atoms with Gasteiger partial charge in [0.2, 0.25) is 0 Å². The van der Waals surface area contributed by atoms with Crippen LogP contribution in [0.2, 0.25) is 0 Å². The molecule has 1 aliphatic carbocycles. The van der Waals surface area contributed by atoms with E-state index >= 15 is 0 Å². The molecule has 0 bridgehead atoms. The lowest BCUT2D eigenvalue weighted by atomic mass is 9.71. The highest BCUT2D eigenvalue weighted by Crippen LogP contribution is 2.39. The molecule has 0 aliphatic heterocycles. The first-order valence-corrected chi connectivity index (χ1v) is 4.96. The number of rotatable bonds is 0. The topological polar surface area (TPSA) is 26.0 Å². The van der Waals surface area contributed by atoms with E-state index in [4.69, 9.17) is 5.73 Å². The Balaban J connectivity index is 0.000000980. The van der Waals surface area contributed by atoms with E-state index in [-0.39, 0.29) is 18.4 Å². The molecular formula is C12H18ClN. The van der Waals surface area contributed by atoms with E-state index in [1.54, 1.807) is 0 Å². The zero-order valence-corrected chi connectivity index (χ0v) is 9.60. The first kappa shape index (κ1) is 11.5. The molecule has 1 aliphatic rings. The molecule has 0 fully saturated rings. The summed E-state index contributed by atoms with van der Waals surface area (Å²) in [7, 11) is 0. The number of benzene rings is 1. The van der Waals surface area contributed by atoms with Crippen LogP contribution in [0.5, 0.6) is 0 Å². The third-order valence-corrected chi connectivity index (χ3v) is 3.17. The van der Waals surface area contributed by atoms with Crippen LogP contribution in [-0.2, 0) is 5.41 Å². The van der Waals surface area contributed by atoms with Crippen molar-refractivity contribution in [1.82, 2.24) is 0 Å². The molecule has 14 heavy (non-hydrogen) atoms. The molecule has 1 atom stereocenters. The van der Waals surface area contributed by atoms with E-state index in [1.165, 1.54) is 17.5 Å². The molecule has 0 amide bonds. The molecule has 0 radical (unpaired) electrons. The van der Waals surface area contributed by atoms with Crippen LogP contribution < -0.4 is 5.73 Å². The summed E-state index contributed by atoms with van der Waals surface area (Å²) in [4.78, 5) is 0. The van der Waals surface area contributed by atoms with Crippen molar-refractivity contribution < 1.29 is 0 Å². The van der Waals surface area contributed by atoms with E-state index < -0.39 is 0 Å². The Kier molecular flexibility index (Phi) is 3.23. The molecule has 0 aromatic heterocycles. The molecule has 0 saturated carbocycles. The van der Waals surface area contributed by atoms with Gasteiger partial charge in [-0.05, 0) is 29.4 Å². The Labute approximate surface area is 92.1 Å². The SMILES string of the molecule is CC1(C)CCC(N)c2ccccc21.Cl. The molecular weight excluding hydrogens is 194 g/mol. The van der Waals surface area contributed by atoms with Gasteiger partial charge in [0.15, 0.2) is 0 Å². The lowest BCUT2D eigenvalue weighted by Gasteiger charge is -2.35. The Morgan fingerprint density at radius 1 is 1.29 bits per heavy atom. The van der Waals surface area contributed by atoms with Gasteiger partial charge in [0.25, 0.3) is 0 Å². The van der Waals surface area contributed by atoms with Crippen LogP contribution in [0, 0.1) is 0 Å². The van der Waals surface area contributed by atoms with Gasteiger partial charge in [0.1, 0.15) is 0 Å². The lowest BCUT2D eigenvalue weighted by molar-refractivity contribution is 0.396. The van der Waals surface area contributed by atoms with Crippen molar-refractivity contribution >= 4 is 12.4 Å². The maximum absolute atomic E-state index is 6.07. The fraction of sp³-hybridized carbons (Fsp3) is 0.500. The Morgan fingerprint density at radius 3 is 2.57 bits per heavy atom. The van der Waals surface area contributed by atoms with Crippen LogP contribution in [0.1, 0.15) is 43.9 Å². The molecule has 0 spiro atoms. The zero-order chi connectivity index (χ0) is 9.47. The summed E-state index contributed by atoms with van der Waals surface area (Å²) in [5, 5.41) is 0. The normalized spacial score (nSPS) is 23.5. The molecule has 0 saturated heterocycles. The van der Waals surface area contributed by atoms with Crippen LogP contribution in [0.3, 0.4) is 0 Å².